The molecule has 0 bridgehead atoms. The van der Waals surface area contributed by atoms with Crippen LogP contribution < -0.4 is 10.1 Å². The van der Waals surface area contributed by atoms with E-state index in [1.54, 1.807) is 14.2 Å². The molecule has 2 N–H and O–H groups in total. The minimum Gasteiger partial charge on any atom is -0.496 e. The SMILES string of the molecule is COCc1cc(C(C)NCC(O)C(C)C)ccc1OC. The number of hydrogen-bond acceptors (Lipinski definition) is 4. The zero-order valence-electron chi connectivity index (χ0n) is 13.1. The molecule has 0 amide bonds. The van der Waals surface area contributed by atoms with Crippen LogP contribution in [0.4, 0.5) is 0 Å². The number of ether oxygens (including phenoxy) is 2. The number of aliphatic hydroxyl groups is 1. The quantitative estimate of drug-likeness (QED) is 0.769. The van der Waals surface area contributed by atoms with Crippen LogP contribution in [0.2, 0.25) is 0 Å². The van der Waals surface area contributed by atoms with Gasteiger partial charge in [-0.15, -0.1) is 0 Å². The molecule has 1 aromatic carbocycles. The molecule has 0 radical (unpaired) electrons. The third kappa shape index (κ3) is 4.78. The van der Waals surface area contributed by atoms with Crippen LogP contribution in [0.25, 0.3) is 0 Å². The van der Waals surface area contributed by atoms with Crippen molar-refractivity contribution in [1.29, 1.82) is 0 Å². The van der Waals surface area contributed by atoms with Gasteiger partial charge >= 0.3 is 0 Å². The van der Waals surface area contributed by atoms with E-state index in [9.17, 15) is 5.11 Å². The smallest absolute Gasteiger partial charge is 0.124 e. The van der Waals surface area contributed by atoms with Gasteiger partial charge in [0.15, 0.2) is 0 Å². The van der Waals surface area contributed by atoms with Crippen LogP contribution in [0, 0.1) is 5.92 Å². The Labute approximate surface area is 122 Å². The van der Waals surface area contributed by atoms with E-state index in [-0.39, 0.29) is 18.1 Å². The molecule has 2 unspecified atom stereocenters. The summed E-state index contributed by atoms with van der Waals surface area (Å²) >= 11 is 0. The van der Waals surface area contributed by atoms with Gasteiger partial charge in [0, 0.05) is 25.3 Å². The van der Waals surface area contributed by atoms with E-state index < -0.39 is 0 Å². The maximum absolute atomic E-state index is 9.84. The fourth-order valence-corrected chi connectivity index (χ4v) is 1.99. The molecular weight excluding hydrogens is 254 g/mol. The zero-order chi connectivity index (χ0) is 15.1. The molecule has 0 spiro atoms. The van der Waals surface area contributed by atoms with E-state index in [1.807, 2.05) is 26.0 Å². The van der Waals surface area contributed by atoms with Crippen molar-refractivity contribution >= 4 is 0 Å². The predicted molar refractivity (Wildman–Crippen MR) is 81.0 cm³/mol. The maximum atomic E-state index is 9.84. The normalized spacial score (nSPS) is 14.3. The van der Waals surface area contributed by atoms with Crippen LogP contribution in [0.15, 0.2) is 18.2 Å². The van der Waals surface area contributed by atoms with Crippen LogP contribution in [-0.2, 0) is 11.3 Å². The van der Waals surface area contributed by atoms with Gasteiger partial charge < -0.3 is 19.9 Å². The van der Waals surface area contributed by atoms with Gasteiger partial charge in [0.05, 0.1) is 19.8 Å². The standard InChI is InChI=1S/C16H27NO3/c1-11(2)15(18)9-17-12(3)13-6-7-16(20-5)14(8-13)10-19-4/h6-8,11-12,15,17-18H,9-10H2,1-5H3. The van der Waals surface area contributed by atoms with Gasteiger partial charge in [0.1, 0.15) is 5.75 Å². The Bertz CT molecular complexity index is 407. The van der Waals surface area contributed by atoms with Crippen molar-refractivity contribution in [3.8, 4) is 5.75 Å². The number of rotatable bonds is 8. The average molecular weight is 281 g/mol. The van der Waals surface area contributed by atoms with Crippen LogP contribution >= 0.6 is 0 Å². The number of benzene rings is 1. The first-order valence-electron chi connectivity index (χ1n) is 7.06. The van der Waals surface area contributed by atoms with Gasteiger partial charge in [-0.2, -0.15) is 0 Å². The van der Waals surface area contributed by atoms with Crippen LogP contribution in [0.5, 0.6) is 5.75 Å². The molecule has 0 aliphatic heterocycles. The average Bonchev–Trinajstić information content (AvgIpc) is 2.44. The summed E-state index contributed by atoms with van der Waals surface area (Å²) in [6, 6.07) is 6.25. The molecule has 20 heavy (non-hydrogen) atoms. The number of methoxy groups -OCH3 is 2. The summed E-state index contributed by atoms with van der Waals surface area (Å²) in [6.07, 6.45) is -0.325. The Balaban J connectivity index is 2.72. The molecule has 0 aliphatic rings. The fourth-order valence-electron chi connectivity index (χ4n) is 1.99. The zero-order valence-corrected chi connectivity index (χ0v) is 13.1. The molecule has 0 heterocycles. The highest BCUT2D eigenvalue weighted by Crippen LogP contribution is 2.24. The first kappa shape index (κ1) is 17.0. The summed E-state index contributed by atoms with van der Waals surface area (Å²) in [4.78, 5) is 0. The van der Waals surface area contributed by atoms with Gasteiger partial charge in [0.25, 0.3) is 0 Å². The summed E-state index contributed by atoms with van der Waals surface area (Å²) in [6.45, 7) is 7.23. The van der Waals surface area contributed by atoms with Crippen LogP contribution in [-0.4, -0.2) is 32.0 Å². The summed E-state index contributed by atoms with van der Waals surface area (Å²) in [5.74, 6) is 1.10. The van der Waals surface area contributed by atoms with E-state index in [2.05, 4.69) is 18.3 Å². The van der Waals surface area contributed by atoms with E-state index in [0.29, 0.717) is 13.2 Å². The van der Waals surface area contributed by atoms with Gasteiger partial charge in [-0.25, -0.2) is 0 Å². The molecule has 0 aliphatic carbocycles. The van der Waals surface area contributed by atoms with Crippen molar-refractivity contribution in [2.75, 3.05) is 20.8 Å². The van der Waals surface area contributed by atoms with Gasteiger partial charge in [-0.05, 0) is 30.5 Å². The summed E-state index contributed by atoms with van der Waals surface area (Å²) < 4.78 is 10.5. The van der Waals surface area contributed by atoms with Crippen molar-refractivity contribution < 1.29 is 14.6 Å². The lowest BCUT2D eigenvalue weighted by Crippen LogP contribution is -2.32. The topological polar surface area (TPSA) is 50.7 Å². The number of nitrogens with one attached hydrogen (secondary N) is 1. The third-order valence-corrected chi connectivity index (χ3v) is 3.51. The van der Waals surface area contributed by atoms with Crippen molar-refractivity contribution in [2.45, 2.75) is 39.5 Å². The summed E-state index contributed by atoms with van der Waals surface area (Å²) in [5.41, 5.74) is 2.19. The molecule has 0 saturated heterocycles. The molecule has 1 rings (SSSR count). The highest BCUT2D eigenvalue weighted by atomic mass is 16.5. The van der Waals surface area contributed by atoms with Crippen molar-refractivity contribution in [2.24, 2.45) is 5.92 Å². The van der Waals surface area contributed by atoms with E-state index in [0.717, 1.165) is 16.9 Å². The minimum atomic E-state index is -0.325. The summed E-state index contributed by atoms with van der Waals surface area (Å²) in [7, 11) is 3.33. The Kier molecular flexibility index (Phi) is 6.99. The first-order valence-corrected chi connectivity index (χ1v) is 7.06. The molecule has 2 atom stereocenters. The monoisotopic (exact) mass is 281 g/mol. The van der Waals surface area contributed by atoms with Crippen molar-refractivity contribution in [1.82, 2.24) is 5.32 Å². The lowest BCUT2D eigenvalue weighted by Gasteiger charge is -2.20. The Hall–Kier alpha value is -1.10. The number of aliphatic hydroxyl groups excluding tert-OH is 1. The molecule has 0 aromatic heterocycles. The molecule has 1 aromatic rings. The third-order valence-electron chi connectivity index (χ3n) is 3.51. The Morgan fingerprint density at radius 1 is 1.20 bits per heavy atom. The minimum absolute atomic E-state index is 0.171. The first-order chi connectivity index (χ1) is 9.49. The predicted octanol–water partition coefficient (Wildman–Crippen LogP) is 2.51. The van der Waals surface area contributed by atoms with E-state index in [1.165, 1.54) is 0 Å². The van der Waals surface area contributed by atoms with E-state index in [4.69, 9.17) is 9.47 Å². The molecule has 0 saturated carbocycles. The highest BCUT2D eigenvalue weighted by Gasteiger charge is 2.13. The Morgan fingerprint density at radius 2 is 1.90 bits per heavy atom. The molecular formula is C16H27NO3. The second-order valence-electron chi connectivity index (χ2n) is 5.45. The molecule has 4 heteroatoms. The van der Waals surface area contributed by atoms with Gasteiger partial charge in [0.2, 0.25) is 0 Å². The maximum Gasteiger partial charge on any atom is 0.124 e. The number of hydrogen-bond donors (Lipinski definition) is 2. The van der Waals surface area contributed by atoms with Crippen LogP contribution in [0.3, 0.4) is 0 Å². The van der Waals surface area contributed by atoms with E-state index >= 15 is 0 Å². The lowest BCUT2D eigenvalue weighted by atomic mass is 10.0. The highest BCUT2D eigenvalue weighted by molar-refractivity contribution is 5.38. The van der Waals surface area contributed by atoms with Gasteiger partial charge in [-0.3, -0.25) is 0 Å². The van der Waals surface area contributed by atoms with Gasteiger partial charge in [-0.1, -0.05) is 19.9 Å². The Morgan fingerprint density at radius 3 is 2.45 bits per heavy atom. The largest absolute Gasteiger partial charge is 0.496 e. The molecule has 4 nitrogen and oxygen atoms in total. The lowest BCUT2D eigenvalue weighted by molar-refractivity contribution is 0.120. The second kappa shape index (κ2) is 8.25. The fraction of sp³-hybridized carbons (Fsp3) is 0.625. The second-order valence-corrected chi connectivity index (χ2v) is 5.45. The van der Waals surface area contributed by atoms with Crippen LogP contribution in [0.1, 0.15) is 37.9 Å². The van der Waals surface area contributed by atoms with Crippen molar-refractivity contribution in [3.63, 3.8) is 0 Å². The summed E-state index contributed by atoms with van der Waals surface area (Å²) in [5, 5.41) is 13.2. The molecule has 114 valence electrons. The molecule has 0 fully saturated rings. The van der Waals surface area contributed by atoms with Crippen molar-refractivity contribution in [3.05, 3.63) is 29.3 Å².